The minimum atomic E-state index is -0.0113. The minimum absolute atomic E-state index is 0.0113. The monoisotopic (exact) mass is 463 g/mol. The van der Waals surface area contributed by atoms with Crippen LogP contribution in [0, 0.1) is 0 Å². The van der Waals surface area contributed by atoms with Crippen LogP contribution in [0.3, 0.4) is 0 Å². The number of amides is 1. The molecular formula is C29H41N3O2. The van der Waals surface area contributed by atoms with Gasteiger partial charge in [0.05, 0.1) is 0 Å². The number of likely N-dealkylation sites (tertiary alicyclic amines) is 2. The fourth-order valence-corrected chi connectivity index (χ4v) is 5.21. The summed E-state index contributed by atoms with van der Waals surface area (Å²) in [7, 11) is 0. The molecule has 0 bridgehead atoms. The number of carbonyl (C=O) groups excluding carboxylic acids is 1. The molecule has 2 aliphatic rings. The predicted octanol–water partition coefficient (Wildman–Crippen LogP) is 5.72. The van der Waals surface area contributed by atoms with Crippen molar-refractivity contribution in [3.8, 4) is 11.5 Å². The Hall–Kier alpha value is -2.37. The fourth-order valence-electron chi connectivity index (χ4n) is 5.21. The number of nitrogens with zero attached hydrogens (tertiary/aromatic N) is 2. The van der Waals surface area contributed by atoms with Gasteiger partial charge in [0, 0.05) is 18.2 Å². The van der Waals surface area contributed by atoms with Gasteiger partial charge in [-0.2, -0.15) is 0 Å². The Morgan fingerprint density at radius 2 is 1.47 bits per heavy atom. The van der Waals surface area contributed by atoms with E-state index in [1.807, 2.05) is 54.6 Å². The van der Waals surface area contributed by atoms with Crippen LogP contribution < -0.4 is 10.1 Å². The minimum Gasteiger partial charge on any atom is -0.457 e. The highest BCUT2D eigenvalue weighted by molar-refractivity contribution is 5.94. The van der Waals surface area contributed by atoms with E-state index in [0.717, 1.165) is 30.5 Å². The average molecular weight is 464 g/mol. The molecule has 0 saturated carbocycles. The number of rotatable bonds is 11. The van der Waals surface area contributed by atoms with Crippen LogP contribution in [0.1, 0.15) is 68.1 Å². The van der Waals surface area contributed by atoms with E-state index < -0.39 is 0 Å². The SMILES string of the molecule is O=C(NCCCCCCN1CCC(N2CCCCC2)CC1)c1ccc(Oc2ccccc2)cc1. The van der Waals surface area contributed by atoms with E-state index in [2.05, 4.69) is 15.1 Å². The van der Waals surface area contributed by atoms with Crippen molar-refractivity contribution in [2.24, 2.45) is 0 Å². The van der Waals surface area contributed by atoms with Crippen molar-refractivity contribution in [1.82, 2.24) is 15.1 Å². The standard InChI is InChI=1S/C29H41N3O2/c33-29(25-13-15-28(16-14-25)34-27-11-5-3-6-12-27)30-19-7-1-2-8-20-31-23-17-26(18-24-31)32-21-9-4-10-22-32/h3,5-6,11-16,26H,1-2,4,7-10,17-24H2,(H,30,33). The van der Waals surface area contributed by atoms with Crippen molar-refractivity contribution >= 4 is 5.91 Å². The lowest BCUT2D eigenvalue weighted by molar-refractivity contribution is 0.0917. The van der Waals surface area contributed by atoms with Crippen LogP contribution in [0.4, 0.5) is 0 Å². The van der Waals surface area contributed by atoms with Crippen LogP contribution in [0.15, 0.2) is 54.6 Å². The molecule has 2 heterocycles. The molecule has 0 atom stereocenters. The molecule has 0 spiro atoms. The first-order valence-electron chi connectivity index (χ1n) is 13.4. The normalized spacial score (nSPS) is 18.0. The lowest BCUT2D eigenvalue weighted by atomic mass is 9.99. The number of carbonyl (C=O) groups is 1. The number of benzene rings is 2. The van der Waals surface area contributed by atoms with Crippen LogP contribution in [-0.2, 0) is 0 Å². The first kappa shape index (κ1) is 24.7. The molecule has 2 aromatic carbocycles. The van der Waals surface area contributed by atoms with Crippen LogP contribution >= 0.6 is 0 Å². The van der Waals surface area contributed by atoms with Gasteiger partial charge in [-0.05, 0) is 108 Å². The number of para-hydroxylation sites is 1. The van der Waals surface area contributed by atoms with E-state index in [1.54, 1.807) is 0 Å². The summed E-state index contributed by atoms with van der Waals surface area (Å²) in [6.07, 6.45) is 11.7. The molecule has 2 saturated heterocycles. The van der Waals surface area contributed by atoms with Crippen LogP contribution in [0.2, 0.25) is 0 Å². The molecule has 5 heteroatoms. The van der Waals surface area contributed by atoms with Gasteiger partial charge < -0.3 is 19.9 Å². The van der Waals surface area contributed by atoms with Gasteiger partial charge in [0.2, 0.25) is 0 Å². The van der Waals surface area contributed by atoms with E-state index >= 15 is 0 Å². The summed E-state index contributed by atoms with van der Waals surface area (Å²) in [5, 5.41) is 3.05. The van der Waals surface area contributed by atoms with E-state index in [-0.39, 0.29) is 5.91 Å². The Morgan fingerprint density at radius 1 is 0.794 bits per heavy atom. The quantitative estimate of drug-likeness (QED) is 0.433. The van der Waals surface area contributed by atoms with Gasteiger partial charge in [0.25, 0.3) is 5.91 Å². The van der Waals surface area contributed by atoms with Crippen molar-refractivity contribution < 1.29 is 9.53 Å². The highest BCUT2D eigenvalue weighted by Crippen LogP contribution is 2.22. The molecule has 2 aromatic rings. The number of ether oxygens (including phenoxy) is 1. The maximum absolute atomic E-state index is 12.4. The van der Waals surface area contributed by atoms with Gasteiger partial charge in [0.1, 0.15) is 11.5 Å². The van der Waals surface area contributed by atoms with Gasteiger partial charge in [-0.1, -0.05) is 37.5 Å². The molecule has 4 rings (SSSR count). The van der Waals surface area contributed by atoms with Crippen molar-refractivity contribution in [3.63, 3.8) is 0 Å². The van der Waals surface area contributed by atoms with E-state index in [9.17, 15) is 4.79 Å². The molecule has 5 nitrogen and oxygen atoms in total. The lowest BCUT2D eigenvalue weighted by Gasteiger charge is -2.40. The highest BCUT2D eigenvalue weighted by Gasteiger charge is 2.25. The second-order valence-electron chi connectivity index (χ2n) is 9.78. The summed E-state index contributed by atoms with van der Waals surface area (Å²) in [5.74, 6) is 1.52. The number of hydrogen-bond donors (Lipinski definition) is 1. The van der Waals surface area contributed by atoms with Crippen molar-refractivity contribution in [2.75, 3.05) is 39.3 Å². The summed E-state index contributed by atoms with van der Waals surface area (Å²) in [4.78, 5) is 17.8. The maximum Gasteiger partial charge on any atom is 0.251 e. The van der Waals surface area contributed by atoms with Crippen molar-refractivity contribution in [1.29, 1.82) is 0 Å². The molecule has 0 radical (unpaired) electrons. The molecule has 0 aliphatic carbocycles. The first-order valence-corrected chi connectivity index (χ1v) is 13.4. The Morgan fingerprint density at radius 3 is 2.21 bits per heavy atom. The molecule has 0 unspecified atom stereocenters. The van der Waals surface area contributed by atoms with Crippen LogP contribution in [0.25, 0.3) is 0 Å². The average Bonchev–Trinajstić information content (AvgIpc) is 2.90. The maximum atomic E-state index is 12.4. The third-order valence-corrected chi connectivity index (χ3v) is 7.25. The molecule has 1 amide bonds. The smallest absolute Gasteiger partial charge is 0.251 e. The number of nitrogens with one attached hydrogen (secondary N) is 1. The van der Waals surface area contributed by atoms with E-state index in [4.69, 9.17) is 4.74 Å². The van der Waals surface area contributed by atoms with Gasteiger partial charge >= 0.3 is 0 Å². The van der Waals surface area contributed by atoms with Crippen LogP contribution in [-0.4, -0.2) is 61.0 Å². The van der Waals surface area contributed by atoms with E-state index in [1.165, 1.54) is 84.1 Å². The topological polar surface area (TPSA) is 44.8 Å². The predicted molar refractivity (Wildman–Crippen MR) is 139 cm³/mol. The third-order valence-electron chi connectivity index (χ3n) is 7.25. The molecule has 1 N–H and O–H groups in total. The van der Waals surface area contributed by atoms with E-state index in [0.29, 0.717) is 5.56 Å². The molecule has 0 aromatic heterocycles. The second kappa shape index (κ2) is 13.5. The lowest BCUT2D eigenvalue weighted by Crippen LogP contribution is -2.46. The first-order chi connectivity index (χ1) is 16.8. The van der Waals surface area contributed by atoms with Gasteiger partial charge in [-0.3, -0.25) is 4.79 Å². The Labute approximate surface area is 205 Å². The van der Waals surface area contributed by atoms with Gasteiger partial charge in [0.15, 0.2) is 0 Å². The zero-order valence-corrected chi connectivity index (χ0v) is 20.6. The molecular weight excluding hydrogens is 422 g/mol. The Kier molecular flexibility index (Phi) is 9.83. The fraction of sp³-hybridized carbons (Fsp3) is 0.552. The molecule has 34 heavy (non-hydrogen) atoms. The summed E-state index contributed by atoms with van der Waals surface area (Å²) in [6.45, 7) is 7.17. The summed E-state index contributed by atoms with van der Waals surface area (Å²) < 4.78 is 5.79. The summed E-state index contributed by atoms with van der Waals surface area (Å²) in [5.41, 5.74) is 0.674. The van der Waals surface area contributed by atoms with Crippen LogP contribution in [0.5, 0.6) is 11.5 Å². The zero-order valence-electron chi connectivity index (χ0n) is 20.6. The third kappa shape index (κ3) is 7.85. The largest absolute Gasteiger partial charge is 0.457 e. The molecule has 2 fully saturated rings. The van der Waals surface area contributed by atoms with Crippen molar-refractivity contribution in [2.45, 2.75) is 63.8 Å². The van der Waals surface area contributed by atoms with Gasteiger partial charge in [-0.25, -0.2) is 0 Å². The summed E-state index contributed by atoms with van der Waals surface area (Å²) >= 11 is 0. The molecule has 184 valence electrons. The van der Waals surface area contributed by atoms with Gasteiger partial charge in [-0.15, -0.1) is 0 Å². The number of unbranched alkanes of at least 4 members (excludes halogenated alkanes) is 3. The van der Waals surface area contributed by atoms with Crippen molar-refractivity contribution in [3.05, 3.63) is 60.2 Å². The number of piperidine rings is 2. The summed E-state index contributed by atoms with van der Waals surface area (Å²) in [6, 6.07) is 17.8. The second-order valence-corrected chi connectivity index (χ2v) is 9.78. The Balaban J connectivity index is 1.03. The molecule has 2 aliphatic heterocycles. The highest BCUT2D eigenvalue weighted by atomic mass is 16.5. The Bertz CT molecular complexity index is 841. The number of hydrogen-bond acceptors (Lipinski definition) is 4. The zero-order chi connectivity index (χ0) is 23.4.